The molecule has 1 fully saturated rings. The number of hydrogen-bond acceptors (Lipinski definition) is 4. The van der Waals surface area contributed by atoms with Gasteiger partial charge in [0.1, 0.15) is 0 Å². The van der Waals surface area contributed by atoms with Gasteiger partial charge in [0.2, 0.25) is 5.91 Å². The molecule has 2 amide bonds. The molecule has 0 bridgehead atoms. The van der Waals surface area contributed by atoms with Crippen molar-refractivity contribution in [2.75, 3.05) is 29.9 Å². The molecule has 1 aromatic carbocycles. The zero-order chi connectivity index (χ0) is 16.8. The van der Waals surface area contributed by atoms with Gasteiger partial charge in [0.25, 0.3) is 5.91 Å². The van der Waals surface area contributed by atoms with Gasteiger partial charge >= 0.3 is 0 Å². The number of nitrogens with two attached hydrogens (primary N) is 1. The van der Waals surface area contributed by atoms with E-state index in [9.17, 15) is 9.59 Å². The monoisotopic (exact) mass is 371 g/mol. The van der Waals surface area contributed by atoms with E-state index in [1.807, 2.05) is 42.6 Å². The molecule has 0 aromatic heterocycles. The molecule has 3 N–H and O–H groups in total. The standard InChI is InChI=1S/C17H25N3O2S.ClH/c1-12-11-14(17(22)20-7-9-23-10-8-20)4-5-15(12)19-16(21)6-3-13(2)18;/h4-5,11,13H,3,6-10,18H2,1-2H3,(H,19,21);1H. The number of amides is 2. The number of carbonyl (C=O) groups excluding carboxylic acids is 2. The van der Waals surface area contributed by atoms with Crippen molar-refractivity contribution in [1.82, 2.24) is 4.90 Å². The Labute approximate surface area is 154 Å². The maximum Gasteiger partial charge on any atom is 0.253 e. The summed E-state index contributed by atoms with van der Waals surface area (Å²) in [7, 11) is 0. The van der Waals surface area contributed by atoms with Gasteiger partial charge in [-0.15, -0.1) is 12.4 Å². The first-order valence-corrected chi connectivity index (χ1v) is 9.16. The molecular formula is C17H26ClN3O2S. The third kappa shape index (κ3) is 6.00. The Bertz CT molecular complexity index is 575. The minimum absolute atomic E-state index is 0. The molecule has 0 spiro atoms. The molecule has 1 saturated heterocycles. The van der Waals surface area contributed by atoms with E-state index in [4.69, 9.17) is 5.73 Å². The van der Waals surface area contributed by atoms with Crippen molar-refractivity contribution in [1.29, 1.82) is 0 Å². The van der Waals surface area contributed by atoms with Crippen molar-refractivity contribution in [2.24, 2.45) is 5.73 Å². The number of thioether (sulfide) groups is 1. The van der Waals surface area contributed by atoms with Crippen molar-refractivity contribution in [3.8, 4) is 0 Å². The second-order valence-electron chi connectivity index (χ2n) is 6.00. The number of nitrogens with one attached hydrogen (secondary N) is 1. The van der Waals surface area contributed by atoms with Crippen LogP contribution in [0.5, 0.6) is 0 Å². The fourth-order valence-corrected chi connectivity index (χ4v) is 3.36. The van der Waals surface area contributed by atoms with E-state index in [0.717, 1.165) is 35.8 Å². The molecular weight excluding hydrogens is 346 g/mol. The molecule has 7 heteroatoms. The van der Waals surface area contributed by atoms with Crippen molar-refractivity contribution in [3.05, 3.63) is 29.3 Å². The lowest BCUT2D eigenvalue weighted by molar-refractivity contribution is -0.116. The van der Waals surface area contributed by atoms with Gasteiger partial charge in [0.05, 0.1) is 0 Å². The van der Waals surface area contributed by atoms with Gasteiger partial charge in [-0.2, -0.15) is 11.8 Å². The summed E-state index contributed by atoms with van der Waals surface area (Å²) < 4.78 is 0. The first kappa shape index (κ1) is 20.8. The largest absolute Gasteiger partial charge is 0.337 e. The highest BCUT2D eigenvalue weighted by atomic mass is 35.5. The Balaban J connectivity index is 0.00000288. The van der Waals surface area contributed by atoms with Crippen LogP contribution in [0.1, 0.15) is 35.7 Å². The minimum atomic E-state index is -0.0440. The summed E-state index contributed by atoms with van der Waals surface area (Å²) >= 11 is 1.88. The molecule has 24 heavy (non-hydrogen) atoms. The molecule has 1 aromatic rings. The summed E-state index contributed by atoms with van der Waals surface area (Å²) in [6.45, 7) is 5.40. The maximum atomic E-state index is 12.5. The van der Waals surface area contributed by atoms with Gasteiger partial charge in [-0.05, 0) is 44.0 Å². The van der Waals surface area contributed by atoms with Gasteiger partial charge in [-0.25, -0.2) is 0 Å². The van der Waals surface area contributed by atoms with E-state index in [-0.39, 0.29) is 30.3 Å². The van der Waals surface area contributed by atoms with Crippen LogP contribution in [0.15, 0.2) is 18.2 Å². The summed E-state index contributed by atoms with van der Waals surface area (Å²) in [4.78, 5) is 26.3. The predicted molar refractivity (Wildman–Crippen MR) is 103 cm³/mol. The third-order valence-corrected chi connectivity index (χ3v) is 4.81. The molecule has 1 aliphatic rings. The number of benzene rings is 1. The van der Waals surface area contributed by atoms with Gasteiger partial charge in [-0.3, -0.25) is 9.59 Å². The highest BCUT2D eigenvalue weighted by Gasteiger charge is 2.19. The summed E-state index contributed by atoms with van der Waals surface area (Å²) in [5.74, 6) is 2.03. The zero-order valence-electron chi connectivity index (χ0n) is 14.2. The Kier molecular flexibility index (Phi) is 8.59. The normalized spacial score (nSPS) is 15.4. The molecule has 134 valence electrons. The average Bonchev–Trinajstić information content (AvgIpc) is 2.55. The van der Waals surface area contributed by atoms with E-state index in [0.29, 0.717) is 18.4 Å². The summed E-state index contributed by atoms with van der Waals surface area (Å²) in [6, 6.07) is 5.47. The molecule has 0 radical (unpaired) electrons. The molecule has 0 aliphatic carbocycles. The minimum Gasteiger partial charge on any atom is -0.337 e. The first-order chi connectivity index (χ1) is 11.0. The van der Waals surface area contributed by atoms with Crippen LogP contribution in [-0.2, 0) is 4.79 Å². The predicted octanol–water partition coefficient (Wildman–Crippen LogP) is 2.67. The van der Waals surface area contributed by atoms with Crippen LogP contribution in [0.25, 0.3) is 0 Å². The smallest absolute Gasteiger partial charge is 0.253 e. The van der Waals surface area contributed by atoms with E-state index in [1.165, 1.54) is 0 Å². The van der Waals surface area contributed by atoms with Crippen LogP contribution in [0.3, 0.4) is 0 Å². The lowest BCUT2D eigenvalue weighted by Crippen LogP contribution is -2.37. The highest BCUT2D eigenvalue weighted by Crippen LogP contribution is 2.19. The average molecular weight is 372 g/mol. The molecule has 2 rings (SSSR count). The van der Waals surface area contributed by atoms with Gasteiger partial charge < -0.3 is 16.0 Å². The second kappa shape index (κ2) is 9.91. The van der Waals surface area contributed by atoms with Crippen LogP contribution in [0, 0.1) is 6.92 Å². The molecule has 0 saturated carbocycles. The number of hydrogen-bond donors (Lipinski definition) is 2. The Morgan fingerprint density at radius 2 is 2.00 bits per heavy atom. The van der Waals surface area contributed by atoms with Gasteiger partial charge in [-0.1, -0.05) is 0 Å². The van der Waals surface area contributed by atoms with Crippen LogP contribution in [0.2, 0.25) is 0 Å². The third-order valence-electron chi connectivity index (χ3n) is 3.87. The van der Waals surface area contributed by atoms with Crippen LogP contribution >= 0.6 is 24.2 Å². The number of aryl methyl sites for hydroxylation is 1. The summed E-state index contributed by atoms with van der Waals surface area (Å²) in [5, 5.41) is 2.89. The van der Waals surface area contributed by atoms with Crippen molar-refractivity contribution < 1.29 is 9.59 Å². The fraction of sp³-hybridized carbons (Fsp3) is 0.529. The summed E-state index contributed by atoms with van der Waals surface area (Å²) in [6.07, 6.45) is 1.07. The van der Waals surface area contributed by atoms with Crippen LogP contribution in [0.4, 0.5) is 5.69 Å². The Hall–Kier alpha value is -1.24. The molecule has 1 atom stereocenters. The zero-order valence-corrected chi connectivity index (χ0v) is 15.8. The Morgan fingerprint density at radius 3 is 2.58 bits per heavy atom. The topological polar surface area (TPSA) is 75.4 Å². The number of nitrogens with zero attached hydrogens (tertiary/aromatic N) is 1. The van der Waals surface area contributed by atoms with Crippen molar-refractivity contribution >= 4 is 41.7 Å². The lowest BCUT2D eigenvalue weighted by Gasteiger charge is -2.26. The molecule has 1 aliphatic heterocycles. The van der Waals surface area contributed by atoms with Crippen molar-refractivity contribution in [2.45, 2.75) is 32.7 Å². The second-order valence-corrected chi connectivity index (χ2v) is 7.22. The van der Waals surface area contributed by atoms with Gasteiger partial charge in [0, 0.05) is 48.3 Å². The maximum absolute atomic E-state index is 12.5. The number of carbonyl (C=O) groups is 2. The van der Waals surface area contributed by atoms with Crippen LogP contribution < -0.4 is 11.1 Å². The number of anilines is 1. The van der Waals surface area contributed by atoms with Crippen molar-refractivity contribution in [3.63, 3.8) is 0 Å². The van der Waals surface area contributed by atoms with E-state index < -0.39 is 0 Å². The van der Waals surface area contributed by atoms with Crippen LogP contribution in [-0.4, -0.2) is 47.4 Å². The van der Waals surface area contributed by atoms with E-state index >= 15 is 0 Å². The SMILES string of the molecule is Cc1cc(C(=O)N2CCSCC2)ccc1NC(=O)CCC(C)N.Cl. The fourth-order valence-electron chi connectivity index (χ4n) is 2.46. The first-order valence-electron chi connectivity index (χ1n) is 8.00. The quantitative estimate of drug-likeness (QED) is 0.834. The summed E-state index contributed by atoms with van der Waals surface area (Å²) in [5.41, 5.74) is 8.00. The van der Waals surface area contributed by atoms with E-state index in [2.05, 4.69) is 5.32 Å². The number of rotatable bonds is 5. The highest BCUT2D eigenvalue weighted by molar-refractivity contribution is 7.99. The molecule has 1 heterocycles. The molecule has 5 nitrogen and oxygen atoms in total. The number of halogens is 1. The Morgan fingerprint density at radius 1 is 1.33 bits per heavy atom. The van der Waals surface area contributed by atoms with Gasteiger partial charge in [0.15, 0.2) is 0 Å². The van der Waals surface area contributed by atoms with E-state index in [1.54, 1.807) is 6.07 Å². The lowest BCUT2D eigenvalue weighted by atomic mass is 10.1. The molecule has 1 unspecified atom stereocenters.